The Kier molecular flexibility index (Phi) is 2.28. The number of aromatic amines is 1. The van der Waals surface area contributed by atoms with Gasteiger partial charge in [-0.15, -0.1) is 0 Å². The summed E-state index contributed by atoms with van der Waals surface area (Å²) in [4.78, 5) is 13.8. The van der Waals surface area contributed by atoms with Crippen LogP contribution >= 0.6 is 0 Å². The van der Waals surface area contributed by atoms with E-state index in [1.54, 1.807) is 6.07 Å². The topological polar surface area (TPSA) is 70.9 Å². The molecule has 4 N–H and O–H groups in total. The number of hydrogen-bond acceptors (Lipinski definition) is 2. The van der Waals surface area contributed by atoms with Crippen LogP contribution < -0.4 is 11.3 Å². The highest BCUT2D eigenvalue weighted by molar-refractivity contribution is 5.91. The van der Waals surface area contributed by atoms with Gasteiger partial charge in [-0.1, -0.05) is 6.92 Å². The summed E-state index contributed by atoms with van der Waals surface area (Å²) in [7, 11) is 0. The van der Waals surface area contributed by atoms with Gasteiger partial charge >= 0.3 is 0 Å². The van der Waals surface area contributed by atoms with E-state index in [2.05, 4.69) is 4.98 Å². The molecule has 0 bridgehead atoms. The van der Waals surface area contributed by atoms with Gasteiger partial charge in [-0.05, 0) is 18.6 Å². The molecule has 0 atom stereocenters. The number of carbonyl (C=O) groups is 1. The summed E-state index contributed by atoms with van der Waals surface area (Å²) < 4.78 is 0. The fraction of sp³-hybridized carbons (Fsp3) is 0.286. The lowest BCUT2D eigenvalue weighted by molar-refractivity contribution is 0.0949. The monoisotopic (exact) mass is 153 g/mol. The molecular formula is C7H11N3O. The molecule has 0 saturated heterocycles. The summed E-state index contributed by atoms with van der Waals surface area (Å²) in [6, 6.07) is 3.58. The highest BCUT2D eigenvalue weighted by Crippen LogP contribution is 2.01. The number of carbonyl (C=O) groups excluding carboxylic acids is 1. The van der Waals surface area contributed by atoms with Crippen LogP contribution in [0.3, 0.4) is 0 Å². The number of aryl methyl sites for hydroxylation is 1. The molecule has 0 saturated carbocycles. The van der Waals surface area contributed by atoms with E-state index in [9.17, 15) is 4.79 Å². The van der Waals surface area contributed by atoms with E-state index in [1.165, 1.54) is 0 Å². The Morgan fingerprint density at radius 2 is 2.45 bits per heavy atom. The van der Waals surface area contributed by atoms with Gasteiger partial charge < -0.3 is 4.98 Å². The molecule has 1 heterocycles. The summed E-state index contributed by atoms with van der Waals surface area (Å²) in [5.41, 5.74) is 3.58. The molecule has 0 aromatic carbocycles. The second kappa shape index (κ2) is 3.21. The minimum absolute atomic E-state index is 0.287. The van der Waals surface area contributed by atoms with Gasteiger partial charge in [0.2, 0.25) is 0 Å². The minimum Gasteiger partial charge on any atom is -0.354 e. The van der Waals surface area contributed by atoms with E-state index < -0.39 is 0 Å². The van der Waals surface area contributed by atoms with Crippen LogP contribution in [-0.4, -0.2) is 10.9 Å². The normalized spacial score (nSPS) is 9.64. The summed E-state index contributed by atoms with van der Waals surface area (Å²) in [6.07, 6.45) is 0.887. The first kappa shape index (κ1) is 7.81. The Balaban J connectivity index is 2.80. The molecule has 60 valence electrons. The Morgan fingerprint density at radius 1 is 1.73 bits per heavy atom. The first-order valence-corrected chi connectivity index (χ1v) is 3.46. The van der Waals surface area contributed by atoms with Gasteiger partial charge in [0, 0.05) is 5.69 Å². The van der Waals surface area contributed by atoms with Crippen molar-refractivity contribution in [1.29, 1.82) is 0 Å². The zero-order chi connectivity index (χ0) is 8.27. The largest absolute Gasteiger partial charge is 0.354 e. The second-order valence-electron chi connectivity index (χ2n) is 2.22. The average molecular weight is 153 g/mol. The van der Waals surface area contributed by atoms with E-state index in [1.807, 2.05) is 18.4 Å². The number of H-pyrrole nitrogens is 1. The average Bonchev–Trinajstić information content (AvgIpc) is 2.50. The standard InChI is InChI=1S/C7H11N3O/c1-2-5-3-4-6(9-5)7(11)10-8/h3-4,9H,2,8H2,1H3,(H,10,11). The molecule has 0 spiro atoms. The van der Waals surface area contributed by atoms with E-state index in [0.29, 0.717) is 5.69 Å². The van der Waals surface area contributed by atoms with Crippen molar-refractivity contribution >= 4 is 5.91 Å². The molecule has 0 unspecified atom stereocenters. The number of nitrogens with one attached hydrogen (secondary N) is 2. The van der Waals surface area contributed by atoms with E-state index in [0.717, 1.165) is 12.1 Å². The molecule has 1 aromatic heterocycles. The number of nitrogen functional groups attached to an aromatic ring is 1. The molecule has 4 heteroatoms. The second-order valence-corrected chi connectivity index (χ2v) is 2.22. The fourth-order valence-electron chi connectivity index (χ4n) is 0.857. The molecule has 4 nitrogen and oxygen atoms in total. The fourth-order valence-corrected chi connectivity index (χ4v) is 0.857. The summed E-state index contributed by atoms with van der Waals surface area (Å²) in [5.74, 6) is 4.65. The van der Waals surface area contributed by atoms with Crippen molar-refractivity contribution in [3.05, 3.63) is 23.5 Å². The van der Waals surface area contributed by atoms with Crippen molar-refractivity contribution in [2.45, 2.75) is 13.3 Å². The third-order valence-corrected chi connectivity index (χ3v) is 1.50. The van der Waals surface area contributed by atoms with Crippen LogP contribution in [0.4, 0.5) is 0 Å². The first-order chi connectivity index (χ1) is 5.27. The van der Waals surface area contributed by atoms with Crippen molar-refractivity contribution in [2.75, 3.05) is 0 Å². The number of rotatable bonds is 2. The van der Waals surface area contributed by atoms with Crippen molar-refractivity contribution in [3.8, 4) is 0 Å². The highest BCUT2D eigenvalue weighted by Gasteiger charge is 2.04. The molecule has 0 aliphatic carbocycles. The summed E-state index contributed by atoms with van der Waals surface area (Å²) in [5, 5.41) is 0. The third kappa shape index (κ3) is 1.59. The lowest BCUT2D eigenvalue weighted by atomic mass is 10.3. The number of hydrazine groups is 1. The zero-order valence-corrected chi connectivity index (χ0v) is 6.35. The molecule has 1 amide bonds. The lowest BCUT2D eigenvalue weighted by Crippen LogP contribution is -2.30. The van der Waals surface area contributed by atoms with Gasteiger partial charge in [-0.25, -0.2) is 5.84 Å². The van der Waals surface area contributed by atoms with Crippen molar-refractivity contribution < 1.29 is 4.79 Å². The molecule has 0 aliphatic heterocycles. The maximum absolute atomic E-state index is 10.9. The van der Waals surface area contributed by atoms with Crippen LogP contribution in [0, 0.1) is 0 Å². The number of aromatic nitrogens is 1. The lowest BCUT2D eigenvalue weighted by Gasteiger charge is -1.93. The smallest absolute Gasteiger partial charge is 0.281 e. The van der Waals surface area contributed by atoms with Crippen molar-refractivity contribution in [1.82, 2.24) is 10.4 Å². The van der Waals surface area contributed by atoms with Crippen LogP contribution in [0.2, 0.25) is 0 Å². The Labute approximate surface area is 64.8 Å². The minimum atomic E-state index is -0.287. The van der Waals surface area contributed by atoms with Gasteiger partial charge in [-0.3, -0.25) is 10.2 Å². The van der Waals surface area contributed by atoms with Crippen molar-refractivity contribution in [2.24, 2.45) is 5.84 Å². The van der Waals surface area contributed by atoms with E-state index in [4.69, 9.17) is 5.84 Å². The van der Waals surface area contributed by atoms with Crippen LogP contribution in [0.1, 0.15) is 23.1 Å². The van der Waals surface area contributed by atoms with E-state index in [-0.39, 0.29) is 5.91 Å². The van der Waals surface area contributed by atoms with Gasteiger partial charge in [0.15, 0.2) is 0 Å². The number of hydrogen-bond donors (Lipinski definition) is 3. The van der Waals surface area contributed by atoms with Gasteiger partial charge in [0.1, 0.15) is 5.69 Å². The first-order valence-electron chi connectivity index (χ1n) is 3.46. The Bertz CT molecular complexity index is 254. The highest BCUT2D eigenvalue weighted by atomic mass is 16.2. The maximum Gasteiger partial charge on any atom is 0.281 e. The van der Waals surface area contributed by atoms with Crippen molar-refractivity contribution in [3.63, 3.8) is 0 Å². The van der Waals surface area contributed by atoms with Gasteiger partial charge in [0.25, 0.3) is 5.91 Å². The Hall–Kier alpha value is -1.29. The van der Waals surface area contributed by atoms with Gasteiger partial charge in [0.05, 0.1) is 0 Å². The number of amides is 1. The SMILES string of the molecule is CCc1ccc(C(=O)NN)[nH]1. The summed E-state index contributed by atoms with van der Waals surface area (Å²) >= 11 is 0. The molecule has 0 radical (unpaired) electrons. The Morgan fingerprint density at radius 3 is 2.91 bits per heavy atom. The maximum atomic E-state index is 10.9. The van der Waals surface area contributed by atoms with E-state index >= 15 is 0 Å². The molecular weight excluding hydrogens is 142 g/mol. The quantitative estimate of drug-likeness (QED) is 0.322. The summed E-state index contributed by atoms with van der Waals surface area (Å²) in [6.45, 7) is 2.01. The predicted molar refractivity (Wildman–Crippen MR) is 41.8 cm³/mol. The van der Waals surface area contributed by atoms with Crippen LogP contribution in [0.25, 0.3) is 0 Å². The molecule has 0 fully saturated rings. The molecule has 1 aromatic rings. The van der Waals surface area contributed by atoms with Crippen LogP contribution in [0.5, 0.6) is 0 Å². The van der Waals surface area contributed by atoms with Gasteiger partial charge in [-0.2, -0.15) is 0 Å². The molecule has 11 heavy (non-hydrogen) atoms. The van der Waals surface area contributed by atoms with Crippen LogP contribution in [-0.2, 0) is 6.42 Å². The zero-order valence-electron chi connectivity index (χ0n) is 6.35. The number of nitrogens with two attached hydrogens (primary N) is 1. The third-order valence-electron chi connectivity index (χ3n) is 1.50. The molecule has 1 rings (SSSR count). The van der Waals surface area contributed by atoms with Crippen LogP contribution in [0.15, 0.2) is 12.1 Å². The predicted octanol–water partition coefficient (Wildman–Crippen LogP) is 0.181. The molecule has 0 aliphatic rings.